The molecule has 6 heteroatoms. The van der Waals surface area contributed by atoms with Gasteiger partial charge in [0.25, 0.3) is 5.91 Å². The van der Waals surface area contributed by atoms with E-state index < -0.39 is 0 Å². The van der Waals surface area contributed by atoms with Crippen LogP contribution in [-0.2, 0) is 0 Å². The quantitative estimate of drug-likeness (QED) is 0.797. The molecule has 106 valence electrons. The second kappa shape index (κ2) is 6.47. The first-order valence-electron chi connectivity index (χ1n) is 6.28. The fourth-order valence-corrected chi connectivity index (χ4v) is 1.91. The van der Waals surface area contributed by atoms with Gasteiger partial charge in [0.15, 0.2) is 5.69 Å². The molecule has 19 heavy (non-hydrogen) atoms. The zero-order chi connectivity index (χ0) is 14.5. The van der Waals surface area contributed by atoms with Gasteiger partial charge in [-0.1, -0.05) is 13.8 Å². The number of aromatic nitrogens is 2. The molecule has 1 aromatic heterocycles. The Labute approximate surface area is 114 Å². The van der Waals surface area contributed by atoms with Gasteiger partial charge in [0, 0.05) is 20.1 Å². The first-order chi connectivity index (χ1) is 8.84. The molecule has 0 atom stereocenters. The molecule has 0 aliphatic rings. The SMILES string of the molecule is CNc1ccc(C(=O)NCC(C)(C)CN(C)C)nn1. The van der Waals surface area contributed by atoms with Crippen molar-refractivity contribution in [1.82, 2.24) is 20.4 Å². The third-order valence-corrected chi connectivity index (χ3v) is 2.63. The lowest BCUT2D eigenvalue weighted by Gasteiger charge is -2.28. The van der Waals surface area contributed by atoms with E-state index in [1.54, 1.807) is 19.2 Å². The highest BCUT2D eigenvalue weighted by atomic mass is 16.1. The standard InChI is InChI=1S/C13H23N5O/c1-13(2,9-18(4)5)8-15-12(19)10-6-7-11(14-3)17-16-10/h6-7H,8-9H2,1-5H3,(H,14,17)(H,15,19). The van der Waals surface area contributed by atoms with E-state index in [1.807, 2.05) is 14.1 Å². The van der Waals surface area contributed by atoms with Gasteiger partial charge in [-0.2, -0.15) is 0 Å². The van der Waals surface area contributed by atoms with Crippen molar-refractivity contribution < 1.29 is 4.79 Å². The average Bonchev–Trinajstić information content (AvgIpc) is 2.34. The van der Waals surface area contributed by atoms with Crippen LogP contribution in [0.2, 0.25) is 0 Å². The van der Waals surface area contributed by atoms with Crippen molar-refractivity contribution in [2.75, 3.05) is 39.5 Å². The van der Waals surface area contributed by atoms with Crippen LogP contribution < -0.4 is 10.6 Å². The van der Waals surface area contributed by atoms with Gasteiger partial charge in [0.05, 0.1) is 0 Å². The van der Waals surface area contributed by atoms with E-state index in [0.29, 0.717) is 18.1 Å². The number of hydrogen-bond donors (Lipinski definition) is 2. The van der Waals surface area contributed by atoms with Crippen LogP contribution in [0, 0.1) is 5.41 Å². The number of carbonyl (C=O) groups is 1. The van der Waals surface area contributed by atoms with E-state index >= 15 is 0 Å². The summed E-state index contributed by atoms with van der Waals surface area (Å²) in [7, 11) is 5.80. The summed E-state index contributed by atoms with van der Waals surface area (Å²) in [5.41, 5.74) is 0.344. The van der Waals surface area contributed by atoms with Crippen LogP contribution >= 0.6 is 0 Å². The van der Waals surface area contributed by atoms with Gasteiger partial charge in [-0.15, -0.1) is 10.2 Å². The fraction of sp³-hybridized carbons (Fsp3) is 0.615. The Bertz CT molecular complexity index is 414. The first-order valence-corrected chi connectivity index (χ1v) is 6.28. The van der Waals surface area contributed by atoms with Gasteiger partial charge >= 0.3 is 0 Å². The van der Waals surface area contributed by atoms with Crippen molar-refractivity contribution in [3.05, 3.63) is 17.8 Å². The minimum Gasteiger partial charge on any atom is -0.372 e. The molecule has 0 bridgehead atoms. The van der Waals surface area contributed by atoms with Crippen LogP contribution in [0.1, 0.15) is 24.3 Å². The van der Waals surface area contributed by atoms with Gasteiger partial charge in [0.2, 0.25) is 0 Å². The summed E-state index contributed by atoms with van der Waals surface area (Å²) in [4.78, 5) is 14.0. The van der Waals surface area contributed by atoms with Gasteiger partial charge in [0.1, 0.15) is 5.82 Å². The van der Waals surface area contributed by atoms with Crippen molar-refractivity contribution >= 4 is 11.7 Å². The largest absolute Gasteiger partial charge is 0.372 e. The molecule has 0 unspecified atom stereocenters. The van der Waals surface area contributed by atoms with Crippen LogP contribution in [0.5, 0.6) is 0 Å². The van der Waals surface area contributed by atoms with Crippen molar-refractivity contribution in [2.45, 2.75) is 13.8 Å². The number of amides is 1. The van der Waals surface area contributed by atoms with E-state index in [0.717, 1.165) is 6.54 Å². The minimum absolute atomic E-state index is 0.0114. The van der Waals surface area contributed by atoms with Crippen molar-refractivity contribution in [3.8, 4) is 0 Å². The molecule has 0 aliphatic carbocycles. The molecule has 0 aromatic carbocycles. The average molecular weight is 265 g/mol. The Balaban J connectivity index is 2.55. The Morgan fingerprint density at radius 1 is 1.32 bits per heavy atom. The van der Waals surface area contributed by atoms with Crippen LogP contribution in [0.25, 0.3) is 0 Å². The third kappa shape index (κ3) is 5.21. The second-order valence-corrected chi connectivity index (χ2v) is 5.64. The number of carbonyl (C=O) groups excluding carboxylic acids is 1. The van der Waals surface area contributed by atoms with Crippen LogP contribution in [-0.4, -0.2) is 55.2 Å². The predicted octanol–water partition coefficient (Wildman–Crippen LogP) is 0.836. The number of nitrogens with zero attached hydrogens (tertiary/aromatic N) is 3. The molecule has 1 aromatic rings. The monoisotopic (exact) mass is 265 g/mol. The highest BCUT2D eigenvalue weighted by molar-refractivity contribution is 5.92. The summed E-state index contributed by atoms with van der Waals surface area (Å²) < 4.78 is 0. The smallest absolute Gasteiger partial charge is 0.271 e. The summed E-state index contributed by atoms with van der Waals surface area (Å²) in [6.45, 7) is 5.73. The Morgan fingerprint density at radius 2 is 2.00 bits per heavy atom. The summed E-state index contributed by atoms with van der Waals surface area (Å²) in [5.74, 6) is 0.450. The predicted molar refractivity (Wildman–Crippen MR) is 76.2 cm³/mol. The third-order valence-electron chi connectivity index (χ3n) is 2.63. The molecule has 1 rings (SSSR count). The summed E-state index contributed by atoms with van der Waals surface area (Å²) in [6, 6.07) is 3.39. The lowest BCUT2D eigenvalue weighted by molar-refractivity contribution is 0.0923. The molecule has 1 heterocycles. The number of rotatable bonds is 6. The topological polar surface area (TPSA) is 70.2 Å². The summed E-state index contributed by atoms with van der Waals surface area (Å²) >= 11 is 0. The molecule has 0 aliphatic heterocycles. The van der Waals surface area contributed by atoms with Gasteiger partial charge in [-0.3, -0.25) is 4.79 Å². The van der Waals surface area contributed by atoms with Gasteiger partial charge in [-0.05, 0) is 31.6 Å². The Morgan fingerprint density at radius 3 is 2.47 bits per heavy atom. The molecular formula is C13H23N5O. The number of hydrogen-bond acceptors (Lipinski definition) is 5. The maximum Gasteiger partial charge on any atom is 0.271 e. The highest BCUT2D eigenvalue weighted by Gasteiger charge is 2.20. The number of nitrogens with one attached hydrogen (secondary N) is 2. The maximum absolute atomic E-state index is 11.9. The van der Waals surface area contributed by atoms with Crippen LogP contribution in [0.15, 0.2) is 12.1 Å². The zero-order valence-electron chi connectivity index (χ0n) is 12.3. The second-order valence-electron chi connectivity index (χ2n) is 5.64. The lowest BCUT2D eigenvalue weighted by atomic mass is 9.93. The van der Waals surface area contributed by atoms with Crippen molar-refractivity contribution in [2.24, 2.45) is 5.41 Å². The summed E-state index contributed by atoms with van der Waals surface area (Å²) in [5, 5.41) is 13.5. The fourth-order valence-electron chi connectivity index (χ4n) is 1.91. The maximum atomic E-state index is 11.9. The normalized spacial score (nSPS) is 11.5. The molecule has 0 spiro atoms. The van der Waals surface area contributed by atoms with Crippen LogP contribution in [0.3, 0.4) is 0 Å². The molecule has 0 radical (unpaired) electrons. The zero-order valence-corrected chi connectivity index (χ0v) is 12.3. The van der Waals surface area contributed by atoms with Gasteiger partial charge in [-0.25, -0.2) is 0 Å². The first kappa shape index (κ1) is 15.4. The molecule has 0 saturated carbocycles. The van der Waals surface area contributed by atoms with E-state index in [1.165, 1.54) is 0 Å². The molecule has 0 saturated heterocycles. The summed E-state index contributed by atoms with van der Waals surface area (Å²) in [6.07, 6.45) is 0. The molecule has 6 nitrogen and oxygen atoms in total. The highest BCUT2D eigenvalue weighted by Crippen LogP contribution is 2.14. The van der Waals surface area contributed by atoms with E-state index in [4.69, 9.17) is 0 Å². The van der Waals surface area contributed by atoms with E-state index in [2.05, 4.69) is 39.6 Å². The molecule has 1 amide bonds. The van der Waals surface area contributed by atoms with Gasteiger partial charge < -0.3 is 15.5 Å². The molecule has 0 fully saturated rings. The molecule has 2 N–H and O–H groups in total. The van der Waals surface area contributed by atoms with Crippen LogP contribution in [0.4, 0.5) is 5.82 Å². The Kier molecular flexibility index (Phi) is 5.23. The Hall–Kier alpha value is -1.69. The molecular weight excluding hydrogens is 242 g/mol. The van der Waals surface area contributed by atoms with E-state index in [9.17, 15) is 4.79 Å². The van der Waals surface area contributed by atoms with Crippen molar-refractivity contribution in [3.63, 3.8) is 0 Å². The van der Waals surface area contributed by atoms with Crippen molar-refractivity contribution in [1.29, 1.82) is 0 Å². The minimum atomic E-state index is -0.193. The lowest BCUT2D eigenvalue weighted by Crippen LogP contribution is -2.40. The number of anilines is 1. The van der Waals surface area contributed by atoms with E-state index in [-0.39, 0.29) is 11.3 Å².